The van der Waals surface area contributed by atoms with E-state index in [0.717, 1.165) is 34.2 Å². The SMILES string of the molecule is COc1cccc(CCNC(=O)Nc2ccc3ccccc3c2)c1. The summed E-state index contributed by atoms with van der Waals surface area (Å²) in [5, 5.41) is 8.00. The van der Waals surface area contributed by atoms with Crippen molar-refractivity contribution in [1.82, 2.24) is 5.32 Å². The van der Waals surface area contributed by atoms with Gasteiger partial charge in [0.2, 0.25) is 0 Å². The second-order valence-corrected chi connectivity index (χ2v) is 5.54. The highest BCUT2D eigenvalue weighted by molar-refractivity contribution is 5.93. The Morgan fingerprint density at radius 2 is 1.79 bits per heavy atom. The van der Waals surface area contributed by atoms with Gasteiger partial charge < -0.3 is 15.4 Å². The minimum atomic E-state index is -0.201. The van der Waals surface area contributed by atoms with Crippen molar-refractivity contribution in [3.63, 3.8) is 0 Å². The summed E-state index contributed by atoms with van der Waals surface area (Å²) in [5.74, 6) is 0.827. The van der Waals surface area contributed by atoms with Gasteiger partial charge in [-0.15, -0.1) is 0 Å². The van der Waals surface area contributed by atoms with E-state index < -0.39 is 0 Å². The Balaban J connectivity index is 1.53. The molecule has 0 aliphatic rings. The topological polar surface area (TPSA) is 50.4 Å². The highest BCUT2D eigenvalue weighted by atomic mass is 16.5. The number of fused-ring (bicyclic) bond motifs is 1. The van der Waals surface area contributed by atoms with E-state index in [2.05, 4.69) is 10.6 Å². The van der Waals surface area contributed by atoms with E-state index in [1.165, 1.54) is 0 Å². The molecule has 0 aliphatic heterocycles. The van der Waals surface area contributed by atoms with Gasteiger partial charge in [0.1, 0.15) is 5.75 Å². The third-order valence-electron chi connectivity index (χ3n) is 3.84. The molecule has 0 atom stereocenters. The minimum absolute atomic E-state index is 0.201. The number of anilines is 1. The number of urea groups is 1. The molecule has 122 valence electrons. The Hall–Kier alpha value is -3.01. The summed E-state index contributed by atoms with van der Waals surface area (Å²) in [7, 11) is 1.65. The standard InChI is InChI=1S/C20H20N2O2/c1-24-19-8-4-5-15(13-19)11-12-21-20(23)22-18-10-9-16-6-2-3-7-17(16)14-18/h2-10,13-14H,11-12H2,1H3,(H2,21,22,23). The molecule has 0 heterocycles. The van der Waals surface area contributed by atoms with Crippen LogP contribution in [0.25, 0.3) is 10.8 Å². The Morgan fingerprint density at radius 3 is 2.62 bits per heavy atom. The van der Waals surface area contributed by atoms with E-state index in [9.17, 15) is 4.79 Å². The zero-order valence-electron chi connectivity index (χ0n) is 13.6. The van der Waals surface area contributed by atoms with E-state index in [0.29, 0.717) is 6.54 Å². The van der Waals surface area contributed by atoms with Crippen LogP contribution in [0.5, 0.6) is 5.75 Å². The minimum Gasteiger partial charge on any atom is -0.497 e. The van der Waals surface area contributed by atoms with Crippen LogP contribution in [0.2, 0.25) is 0 Å². The lowest BCUT2D eigenvalue weighted by atomic mass is 10.1. The molecule has 3 aromatic carbocycles. The Labute approximate surface area is 141 Å². The number of amides is 2. The first kappa shape index (κ1) is 15.9. The van der Waals surface area contributed by atoms with Crippen LogP contribution in [0, 0.1) is 0 Å². The van der Waals surface area contributed by atoms with Gasteiger partial charge in [-0.05, 0) is 47.0 Å². The molecule has 2 amide bonds. The second kappa shape index (κ2) is 7.51. The lowest BCUT2D eigenvalue weighted by Crippen LogP contribution is -2.30. The maximum absolute atomic E-state index is 12.0. The van der Waals surface area contributed by atoms with Gasteiger partial charge in [0, 0.05) is 12.2 Å². The fraction of sp³-hybridized carbons (Fsp3) is 0.150. The Kier molecular flexibility index (Phi) is 4.96. The van der Waals surface area contributed by atoms with Gasteiger partial charge in [0.25, 0.3) is 0 Å². The smallest absolute Gasteiger partial charge is 0.319 e. The van der Waals surface area contributed by atoms with Gasteiger partial charge in [-0.1, -0.05) is 42.5 Å². The van der Waals surface area contributed by atoms with Crippen LogP contribution in [0.1, 0.15) is 5.56 Å². The number of nitrogens with one attached hydrogen (secondary N) is 2. The van der Waals surface area contributed by atoms with Crippen molar-refractivity contribution in [3.05, 3.63) is 72.3 Å². The van der Waals surface area contributed by atoms with Crippen molar-refractivity contribution < 1.29 is 9.53 Å². The highest BCUT2D eigenvalue weighted by Gasteiger charge is 2.03. The van der Waals surface area contributed by atoms with Crippen molar-refractivity contribution in [2.75, 3.05) is 19.0 Å². The van der Waals surface area contributed by atoms with Crippen LogP contribution in [0.3, 0.4) is 0 Å². The van der Waals surface area contributed by atoms with Crippen molar-refractivity contribution >= 4 is 22.5 Å². The highest BCUT2D eigenvalue weighted by Crippen LogP contribution is 2.18. The van der Waals surface area contributed by atoms with Crippen molar-refractivity contribution in [2.24, 2.45) is 0 Å². The van der Waals surface area contributed by atoms with Gasteiger partial charge in [-0.3, -0.25) is 0 Å². The zero-order valence-corrected chi connectivity index (χ0v) is 13.6. The molecule has 0 aromatic heterocycles. The molecule has 0 radical (unpaired) electrons. The maximum Gasteiger partial charge on any atom is 0.319 e. The average Bonchev–Trinajstić information content (AvgIpc) is 2.62. The maximum atomic E-state index is 12.0. The van der Waals surface area contributed by atoms with Crippen LogP contribution in [0.15, 0.2) is 66.7 Å². The number of ether oxygens (including phenoxy) is 1. The monoisotopic (exact) mass is 320 g/mol. The average molecular weight is 320 g/mol. The lowest BCUT2D eigenvalue weighted by molar-refractivity contribution is 0.252. The van der Waals surface area contributed by atoms with Crippen molar-refractivity contribution in [2.45, 2.75) is 6.42 Å². The molecule has 0 aliphatic carbocycles. The van der Waals surface area contributed by atoms with Gasteiger partial charge in [-0.2, -0.15) is 0 Å². The first-order valence-electron chi connectivity index (χ1n) is 7.91. The number of carbonyl (C=O) groups is 1. The molecule has 0 saturated heterocycles. The van der Waals surface area contributed by atoms with Crippen LogP contribution >= 0.6 is 0 Å². The number of carbonyl (C=O) groups excluding carboxylic acids is 1. The van der Waals surface area contributed by atoms with Crippen LogP contribution in [-0.2, 0) is 6.42 Å². The first-order chi connectivity index (χ1) is 11.7. The van der Waals surface area contributed by atoms with Gasteiger partial charge in [0.15, 0.2) is 0 Å². The Bertz CT molecular complexity index is 846. The molecule has 0 unspecified atom stereocenters. The number of benzene rings is 3. The molecular formula is C20H20N2O2. The number of rotatable bonds is 5. The third-order valence-corrected chi connectivity index (χ3v) is 3.84. The summed E-state index contributed by atoms with van der Waals surface area (Å²) in [6.45, 7) is 0.562. The molecule has 0 fully saturated rings. The zero-order chi connectivity index (χ0) is 16.8. The van der Waals surface area contributed by atoms with Gasteiger partial charge in [-0.25, -0.2) is 4.79 Å². The summed E-state index contributed by atoms with van der Waals surface area (Å²) < 4.78 is 5.20. The summed E-state index contributed by atoms with van der Waals surface area (Å²) in [6.07, 6.45) is 0.752. The second-order valence-electron chi connectivity index (χ2n) is 5.54. The fourth-order valence-electron chi connectivity index (χ4n) is 2.59. The van der Waals surface area contributed by atoms with Crippen LogP contribution < -0.4 is 15.4 Å². The molecular weight excluding hydrogens is 300 g/mol. The molecule has 0 bridgehead atoms. The summed E-state index contributed by atoms with van der Waals surface area (Å²) in [6, 6.07) is 21.6. The van der Waals surface area contributed by atoms with Gasteiger partial charge in [0.05, 0.1) is 7.11 Å². The van der Waals surface area contributed by atoms with Crippen LogP contribution in [-0.4, -0.2) is 19.7 Å². The van der Waals surface area contributed by atoms with E-state index in [4.69, 9.17) is 4.74 Å². The molecule has 2 N–H and O–H groups in total. The summed E-state index contributed by atoms with van der Waals surface area (Å²) >= 11 is 0. The van der Waals surface area contributed by atoms with E-state index >= 15 is 0 Å². The van der Waals surface area contributed by atoms with Gasteiger partial charge >= 0.3 is 6.03 Å². The molecule has 4 heteroatoms. The van der Waals surface area contributed by atoms with Crippen molar-refractivity contribution in [3.8, 4) is 5.75 Å². The quantitative estimate of drug-likeness (QED) is 0.740. The number of methoxy groups -OCH3 is 1. The molecule has 3 rings (SSSR count). The predicted molar refractivity (Wildman–Crippen MR) is 97.7 cm³/mol. The van der Waals surface area contributed by atoms with E-state index in [1.54, 1.807) is 7.11 Å². The predicted octanol–water partition coefficient (Wildman–Crippen LogP) is 4.21. The number of hydrogen-bond acceptors (Lipinski definition) is 2. The fourth-order valence-corrected chi connectivity index (χ4v) is 2.59. The summed E-state index contributed by atoms with van der Waals surface area (Å²) in [4.78, 5) is 12.0. The number of hydrogen-bond donors (Lipinski definition) is 2. The van der Waals surface area contributed by atoms with Crippen molar-refractivity contribution in [1.29, 1.82) is 0 Å². The third kappa shape index (κ3) is 4.04. The molecule has 0 spiro atoms. The largest absolute Gasteiger partial charge is 0.497 e. The molecule has 3 aromatic rings. The first-order valence-corrected chi connectivity index (χ1v) is 7.91. The van der Waals surface area contributed by atoms with E-state index in [1.807, 2.05) is 66.7 Å². The lowest BCUT2D eigenvalue weighted by Gasteiger charge is -2.09. The molecule has 4 nitrogen and oxygen atoms in total. The van der Waals surface area contributed by atoms with E-state index in [-0.39, 0.29) is 6.03 Å². The Morgan fingerprint density at radius 1 is 0.958 bits per heavy atom. The summed E-state index contributed by atoms with van der Waals surface area (Å²) in [5.41, 5.74) is 1.91. The normalized spacial score (nSPS) is 10.4. The van der Waals surface area contributed by atoms with Crippen LogP contribution in [0.4, 0.5) is 10.5 Å². The molecule has 0 saturated carbocycles. The molecule has 24 heavy (non-hydrogen) atoms.